The molecule has 0 saturated carbocycles. The molecule has 2 aromatic heterocycles. The maximum atomic E-state index is 10.9. The minimum absolute atomic E-state index is 0.630. The molecule has 2 aromatic rings. The molecule has 0 unspecified atom stereocenters. The molecule has 3 nitrogen and oxygen atoms in total. The zero-order valence-electron chi connectivity index (χ0n) is 8.77. The van der Waals surface area contributed by atoms with Crippen LogP contribution in [0.1, 0.15) is 21.7 Å². The Labute approximate surface area is 88.4 Å². The number of aromatic nitrogens is 2. The Morgan fingerprint density at radius 1 is 1.27 bits per heavy atom. The zero-order valence-corrected chi connectivity index (χ0v) is 8.77. The summed E-state index contributed by atoms with van der Waals surface area (Å²) in [7, 11) is 0. The van der Waals surface area contributed by atoms with Gasteiger partial charge in [-0.3, -0.25) is 9.36 Å². The summed E-state index contributed by atoms with van der Waals surface area (Å²) in [5, 5.41) is 0. The van der Waals surface area contributed by atoms with Crippen LogP contribution < -0.4 is 0 Å². The van der Waals surface area contributed by atoms with E-state index in [4.69, 9.17) is 0 Å². The first-order valence-corrected chi connectivity index (χ1v) is 4.79. The standard InChI is InChI=1S/C12H12N2O/c1-9-5-6-13-12(7-9)14-10(2)3-4-11(14)8-15/h3-8H,1-2H3. The minimum Gasteiger partial charge on any atom is -0.296 e. The molecule has 2 heterocycles. The van der Waals surface area contributed by atoms with Crippen LogP contribution in [0, 0.1) is 13.8 Å². The van der Waals surface area contributed by atoms with E-state index in [0.717, 1.165) is 23.4 Å². The molecule has 0 aliphatic carbocycles. The van der Waals surface area contributed by atoms with E-state index in [1.807, 2.05) is 36.6 Å². The van der Waals surface area contributed by atoms with Crippen molar-refractivity contribution in [1.82, 2.24) is 9.55 Å². The third-order valence-corrected chi connectivity index (χ3v) is 2.36. The minimum atomic E-state index is 0.630. The Hall–Kier alpha value is -1.90. The molecule has 15 heavy (non-hydrogen) atoms. The van der Waals surface area contributed by atoms with Crippen molar-refractivity contribution in [2.24, 2.45) is 0 Å². The Morgan fingerprint density at radius 2 is 2.07 bits per heavy atom. The monoisotopic (exact) mass is 200 g/mol. The van der Waals surface area contributed by atoms with E-state index in [-0.39, 0.29) is 0 Å². The second-order valence-corrected chi connectivity index (χ2v) is 3.54. The van der Waals surface area contributed by atoms with Gasteiger partial charge in [0, 0.05) is 11.9 Å². The summed E-state index contributed by atoms with van der Waals surface area (Å²) in [6.45, 7) is 3.96. The van der Waals surface area contributed by atoms with Crippen molar-refractivity contribution in [2.45, 2.75) is 13.8 Å². The highest BCUT2D eigenvalue weighted by molar-refractivity contribution is 5.74. The van der Waals surface area contributed by atoms with E-state index < -0.39 is 0 Å². The summed E-state index contributed by atoms with van der Waals surface area (Å²) in [4.78, 5) is 15.1. The lowest BCUT2D eigenvalue weighted by Crippen LogP contribution is -2.03. The maximum absolute atomic E-state index is 10.9. The van der Waals surface area contributed by atoms with Gasteiger partial charge in [0.25, 0.3) is 0 Å². The first-order chi connectivity index (χ1) is 7.22. The van der Waals surface area contributed by atoms with E-state index in [2.05, 4.69) is 4.98 Å². The van der Waals surface area contributed by atoms with E-state index in [1.165, 1.54) is 0 Å². The molecule has 0 aliphatic rings. The number of pyridine rings is 1. The van der Waals surface area contributed by atoms with Gasteiger partial charge in [0.05, 0.1) is 5.69 Å². The fourth-order valence-electron chi connectivity index (χ4n) is 1.61. The van der Waals surface area contributed by atoms with Crippen molar-refractivity contribution < 1.29 is 4.79 Å². The molecule has 0 spiro atoms. The largest absolute Gasteiger partial charge is 0.296 e. The van der Waals surface area contributed by atoms with Crippen molar-refractivity contribution in [1.29, 1.82) is 0 Å². The van der Waals surface area contributed by atoms with Gasteiger partial charge < -0.3 is 0 Å². The molecule has 0 aromatic carbocycles. The number of carbonyl (C=O) groups excluding carboxylic acids is 1. The number of nitrogens with zero attached hydrogens (tertiary/aromatic N) is 2. The summed E-state index contributed by atoms with van der Waals surface area (Å²) in [6, 6.07) is 7.60. The van der Waals surface area contributed by atoms with Gasteiger partial charge in [-0.2, -0.15) is 0 Å². The van der Waals surface area contributed by atoms with Crippen LogP contribution in [-0.4, -0.2) is 15.8 Å². The summed E-state index contributed by atoms with van der Waals surface area (Å²) in [5.41, 5.74) is 2.77. The van der Waals surface area contributed by atoms with Crippen LogP contribution in [0.3, 0.4) is 0 Å². The average molecular weight is 200 g/mol. The van der Waals surface area contributed by atoms with Gasteiger partial charge in [-0.25, -0.2) is 4.98 Å². The first-order valence-electron chi connectivity index (χ1n) is 4.79. The molecule has 0 saturated heterocycles. The van der Waals surface area contributed by atoms with Crippen LogP contribution in [0.2, 0.25) is 0 Å². The van der Waals surface area contributed by atoms with Crippen LogP contribution in [0.25, 0.3) is 5.82 Å². The van der Waals surface area contributed by atoms with Gasteiger partial charge in [-0.15, -0.1) is 0 Å². The Morgan fingerprint density at radius 3 is 2.73 bits per heavy atom. The number of aryl methyl sites for hydroxylation is 2. The average Bonchev–Trinajstić information content (AvgIpc) is 2.59. The van der Waals surface area contributed by atoms with Crippen molar-refractivity contribution >= 4 is 6.29 Å². The molecule has 0 radical (unpaired) electrons. The molecule has 0 fully saturated rings. The van der Waals surface area contributed by atoms with Crippen LogP contribution in [0.4, 0.5) is 0 Å². The molecular formula is C12H12N2O. The maximum Gasteiger partial charge on any atom is 0.166 e. The molecule has 0 N–H and O–H groups in total. The van der Waals surface area contributed by atoms with Gasteiger partial charge in [-0.05, 0) is 43.7 Å². The van der Waals surface area contributed by atoms with Gasteiger partial charge in [0.2, 0.25) is 0 Å². The third-order valence-electron chi connectivity index (χ3n) is 2.36. The van der Waals surface area contributed by atoms with E-state index in [0.29, 0.717) is 5.69 Å². The van der Waals surface area contributed by atoms with Gasteiger partial charge in [0.15, 0.2) is 6.29 Å². The smallest absolute Gasteiger partial charge is 0.166 e. The fourth-order valence-corrected chi connectivity index (χ4v) is 1.61. The van der Waals surface area contributed by atoms with Crippen molar-refractivity contribution in [2.75, 3.05) is 0 Å². The van der Waals surface area contributed by atoms with Crippen LogP contribution in [0.5, 0.6) is 0 Å². The Balaban J connectivity index is 2.62. The number of aldehydes is 1. The van der Waals surface area contributed by atoms with Crippen molar-refractivity contribution in [3.8, 4) is 5.82 Å². The van der Waals surface area contributed by atoms with Gasteiger partial charge in [-0.1, -0.05) is 0 Å². The fraction of sp³-hybridized carbons (Fsp3) is 0.167. The lowest BCUT2D eigenvalue weighted by Gasteiger charge is -2.07. The number of rotatable bonds is 2. The highest BCUT2D eigenvalue weighted by atomic mass is 16.1. The van der Waals surface area contributed by atoms with E-state index in [9.17, 15) is 4.79 Å². The normalized spacial score (nSPS) is 10.3. The Bertz CT molecular complexity index is 500. The van der Waals surface area contributed by atoms with Gasteiger partial charge in [0.1, 0.15) is 5.82 Å². The topological polar surface area (TPSA) is 34.9 Å². The summed E-state index contributed by atoms with van der Waals surface area (Å²) in [6.07, 6.45) is 2.59. The lowest BCUT2D eigenvalue weighted by molar-refractivity contribution is 0.111. The molecule has 0 bridgehead atoms. The summed E-state index contributed by atoms with van der Waals surface area (Å²) in [5.74, 6) is 0.791. The predicted octanol–water partition coefficient (Wildman–Crippen LogP) is 2.30. The SMILES string of the molecule is Cc1ccnc(-n2c(C)ccc2C=O)c1. The highest BCUT2D eigenvalue weighted by Crippen LogP contribution is 2.14. The quantitative estimate of drug-likeness (QED) is 0.697. The van der Waals surface area contributed by atoms with Crippen LogP contribution in [0.15, 0.2) is 30.5 Å². The van der Waals surface area contributed by atoms with Crippen LogP contribution >= 0.6 is 0 Å². The summed E-state index contributed by atoms with van der Waals surface area (Å²) < 4.78 is 1.85. The number of carbonyl (C=O) groups is 1. The zero-order chi connectivity index (χ0) is 10.8. The van der Waals surface area contributed by atoms with Crippen LogP contribution in [-0.2, 0) is 0 Å². The molecule has 0 atom stereocenters. The number of hydrogen-bond acceptors (Lipinski definition) is 2. The molecule has 76 valence electrons. The molecule has 3 heteroatoms. The second kappa shape index (κ2) is 3.69. The third kappa shape index (κ3) is 1.68. The first kappa shape index (κ1) is 9.65. The number of hydrogen-bond donors (Lipinski definition) is 0. The Kier molecular flexibility index (Phi) is 2.37. The molecule has 2 rings (SSSR count). The van der Waals surface area contributed by atoms with Gasteiger partial charge >= 0.3 is 0 Å². The summed E-state index contributed by atoms with van der Waals surface area (Å²) >= 11 is 0. The van der Waals surface area contributed by atoms with E-state index in [1.54, 1.807) is 12.3 Å². The van der Waals surface area contributed by atoms with E-state index >= 15 is 0 Å². The molecule has 0 amide bonds. The second-order valence-electron chi connectivity index (χ2n) is 3.54. The van der Waals surface area contributed by atoms with Crippen molar-refractivity contribution in [3.63, 3.8) is 0 Å². The predicted molar refractivity (Wildman–Crippen MR) is 58.4 cm³/mol. The molecular weight excluding hydrogens is 188 g/mol. The lowest BCUT2D eigenvalue weighted by atomic mass is 10.3. The highest BCUT2D eigenvalue weighted by Gasteiger charge is 2.06. The molecule has 0 aliphatic heterocycles. The van der Waals surface area contributed by atoms with Crippen molar-refractivity contribution in [3.05, 3.63) is 47.4 Å².